The lowest BCUT2D eigenvalue weighted by atomic mass is 9.94. The molecule has 3 N–H and O–H groups in total. The molecular weight excluding hydrogens is 254 g/mol. The number of aliphatic hydroxyl groups is 1. The third kappa shape index (κ3) is 3.73. The summed E-state index contributed by atoms with van der Waals surface area (Å²) < 4.78 is 0. The molecule has 2 rings (SSSR count). The Bertz CT molecular complexity index is 477. The minimum atomic E-state index is -0.767. The Morgan fingerprint density at radius 2 is 1.90 bits per heavy atom. The van der Waals surface area contributed by atoms with E-state index in [0.29, 0.717) is 12.1 Å². The molecule has 0 spiro atoms. The molecule has 1 aliphatic rings. The molecule has 1 aliphatic carbocycles. The largest absolute Gasteiger partial charge is 0.508 e. The summed E-state index contributed by atoms with van der Waals surface area (Å²) in [7, 11) is 0. The Labute approximate surface area is 119 Å². The lowest BCUT2D eigenvalue weighted by molar-refractivity contribution is 0.0246. The van der Waals surface area contributed by atoms with Crippen LogP contribution in [0.5, 0.6) is 5.75 Å². The lowest BCUT2D eigenvalue weighted by Gasteiger charge is -2.27. The molecule has 0 aliphatic heterocycles. The zero-order chi connectivity index (χ0) is 14.6. The van der Waals surface area contributed by atoms with Crippen molar-refractivity contribution in [2.24, 2.45) is 0 Å². The number of hydrogen-bond acceptors (Lipinski definition) is 3. The van der Waals surface area contributed by atoms with Gasteiger partial charge in [0.1, 0.15) is 5.75 Å². The van der Waals surface area contributed by atoms with Crippen LogP contribution in [0.1, 0.15) is 54.4 Å². The van der Waals surface area contributed by atoms with E-state index >= 15 is 0 Å². The average Bonchev–Trinajstić information content (AvgIpc) is 2.61. The van der Waals surface area contributed by atoms with Crippen molar-refractivity contribution in [3.05, 3.63) is 29.3 Å². The van der Waals surface area contributed by atoms with Crippen LogP contribution in [-0.4, -0.2) is 28.3 Å². The number of carbonyl (C=O) groups is 1. The molecule has 0 saturated heterocycles. The summed E-state index contributed by atoms with van der Waals surface area (Å²) in [5.74, 6) is -0.0402. The zero-order valence-electron chi connectivity index (χ0n) is 12.0. The van der Waals surface area contributed by atoms with Gasteiger partial charge in [0.15, 0.2) is 0 Å². The number of nitrogens with one attached hydrogen (secondary N) is 1. The first-order chi connectivity index (χ1) is 9.50. The highest BCUT2D eigenvalue weighted by Gasteiger charge is 2.28. The van der Waals surface area contributed by atoms with Crippen LogP contribution in [0.25, 0.3) is 0 Å². The van der Waals surface area contributed by atoms with Gasteiger partial charge in [-0.15, -0.1) is 0 Å². The standard InChI is InChI=1S/C16H23NO3/c1-12-10-13(18)6-7-14(12)15(19)17-11-16(20)8-4-2-3-5-9-16/h6-7,10,18,20H,2-5,8-9,11H2,1H3,(H,17,19). The van der Waals surface area contributed by atoms with Gasteiger partial charge in [0.25, 0.3) is 5.91 Å². The number of carbonyl (C=O) groups excluding carboxylic acids is 1. The van der Waals surface area contributed by atoms with Gasteiger partial charge in [-0.2, -0.15) is 0 Å². The number of benzene rings is 1. The molecule has 0 radical (unpaired) electrons. The van der Waals surface area contributed by atoms with E-state index in [1.165, 1.54) is 6.07 Å². The van der Waals surface area contributed by atoms with Crippen molar-refractivity contribution in [1.29, 1.82) is 0 Å². The molecule has 1 aromatic carbocycles. The monoisotopic (exact) mass is 277 g/mol. The molecule has 0 bridgehead atoms. The third-order valence-corrected chi connectivity index (χ3v) is 4.07. The molecule has 1 aromatic rings. The second-order valence-corrected chi connectivity index (χ2v) is 5.82. The van der Waals surface area contributed by atoms with Gasteiger partial charge in [0.2, 0.25) is 0 Å². The van der Waals surface area contributed by atoms with Crippen LogP contribution in [-0.2, 0) is 0 Å². The SMILES string of the molecule is Cc1cc(O)ccc1C(=O)NCC1(O)CCCCCC1. The third-order valence-electron chi connectivity index (χ3n) is 4.07. The Balaban J connectivity index is 1.97. The summed E-state index contributed by atoms with van der Waals surface area (Å²) in [5, 5.41) is 22.7. The number of hydrogen-bond donors (Lipinski definition) is 3. The summed E-state index contributed by atoms with van der Waals surface area (Å²) in [6, 6.07) is 4.68. The minimum absolute atomic E-state index is 0.154. The molecule has 110 valence electrons. The Kier molecular flexibility index (Phi) is 4.65. The normalized spacial score (nSPS) is 18.3. The maximum atomic E-state index is 12.1. The Hall–Kier alpha value is -1.55. The molecule has 1 amide bonds. The number of aromatic hydroxyl groups is 1. The first kappa shape index (κ1) is 14.9. The van der Waals surface area contributed by atoms with Crippen molar-refractivity contribution in [2.45, 2.75) is 51.0 Å². The van der Waals surface area contributed by atoms with E-state index in [4.69, 9.17) is 0 Å². The second-order valence-electron chi connectivity index (χ2n) is 5.82. The maximum absolute atomic E-state index is 12.1. The zero-order valence-corrected chi connectivity index (χ0v) is 12.0. The summed E-state index contributed by atoms with van der Waals surface area (Å²) in [4.78, 5) is 12.1. The summed E-state index contributed by atoms with van der Waals surface area (Å²) in [6.45, 7) is 2.08. The average molecular weight is 277 g/mol. The van der Waals surface area contributed by atoms with Crippen molar-refractivity contribution in [1.82, 2.24) is 5.32 Å². The van der Waals surface area contributed by atoms with Crippen LogP contribution < -0.4 is 5.32 Å². The summed E-state index contributed by atoms with van der Waals surface area (Å²) >= 11 is 0. The van der Waals surface area contributed by atoms with E-state index in [1.807, 2.05) is 0 Å². The predicted molar refractivity (Wildman–Crippen MR) is 77.8 cm³/mol. The molecule has 1 saturated carbocycles. The highest BCUT2D eigenvalue weighted by atomic mass is 16.3. The molecule has 0 unspecified atom stereocenters. The van der Waals surface area contributed by atoms with Crippen LogP contribution in [0, 0.1) is 6.92 Å². The Morgan fingerprint density at radius 3 is 2.50 bits per heavy atom. The smallest absolute Gasteiger partial charge is 0.251 e. The topological polar surface area (TPSA) is 69.6 Å². The Morgan fingerprint density at radius 1 is 1.25 bits per heavy atom. The maximum Gasteiger partial charge on any atom is 0.251 e. The number of rotatable bonds is 3. The second kappa shape index (κ2) is 6.27. The highest BCUT2D eigenvalue weighted by Crippen LogP contribution is 2.26. The molecule has 0 atom stereocenters. The van der Waals surface area contributed by atoms with Gasteiger partial charge in [-0.25, -0.2) is 0 Å². The van der Waals surface area contributed by atoms with Crippen LogP contribution in [0.2, 0.25) is 0 Å². The van der Waals surface area contributed by atoms with Crippen molar-refractivity contribution < 1.29 is 15.0 Å². The van der Waals surface area contributed by atoms with Gasteiger partial charge in [0.05, 0.1) is 5.60 Å². The van der Waals surface area contributed by atoms with Crippen molar-refractivity contribution in [2.75, 3.05) is 6.54 Å². The van der Waals surface area contributed by atoms with Gasteiger partial charge in [-0.1, -0.05) is 25.7 Å². The fourth-order valence-electron chi connectivity index (χ4n) is 2.81. The van der Waals surface area contributed by atoms with E-state index in [1.54, 1.807) is 19.1 Å². The predicted octanol–water partition coefficient (Wildman–Crippen LogP) is 2.52. The van der Waals surface area contributed by atoms with E-state index < -0.39 is 5.60 Å². The fraction of sp³-hybridized carbons (Fsp3) is 0.562. The van der Waals surface area contributed by atoms with Gasteiger partial charge >= 0.3 is 0 Å². The van der Waals surface area contributed by atoms with E-state index in [0.717, 1.165) is 44.1 Å². The highest BCUT2D eigenvalue weighted by molar-refractivity contribution is 5.95. The van der Waals surface area contributed by atoms with Crippen molar-refractivity contribution in [3.8, 4) is 5.75 Å². The molecule has 0 heterocycles. The molecule has 4 heteroatoms. The van der Waals surface area contributed by atoms with Gasteiger partial charge in [-0.05, 0) is 43.5 Å². The molecule has 1 fully saturated rings. The number of phenols is 1. The van der Waals surface area contributed by atoms with E-state index in [9.17, 15) is 15.0 Å². The van der Waals surface area contributed by atoms with Crippen molar-refractivity contribution >= 4 is 5.91 Å². The first-order valence-corrected chi connectivity index (χ1v) is 7.30. The summed E-state index contributed by atoms with van der Waals surface area (Å²) in [6.07, 6.45) is 5.86. The van der Waals surface area contributed by atoms with Crippen LogP contribution in [0.4, 0.5) is 0 Å². The minimum Gasteiger partial charge on any atom is -0.508 e. The molecule has 20 heavy (non-hydrogen) atoms. The first-order valence-electron chi connectivity index (χ1n) is 7.30. The van der Waals surface area contributed by atoms with Crippen molar-refractivity contribution in [3.63, 3.8) is 0 Å². The van der Waals surface area contributed by atoms with Crippen LogP contribution >= 0.6 is 0 Å². The quantitative estimate of drug-likeness (QED) is 0.744. The van der Waals surface area contributed by atoms with Crippen LogP contribution in [0.15, 0.2) is 18.2 Å². The van der Waals surface area contributed by atoms with Gasteiger partial charge in [-0.3, -0.25) is 4.79 Å². The number of amides is 1. The van der Waals surface area contributed by atoms with E-state index in [-0.39, 0.29) is 11.7 Å². The van der Waals surface area contributed by atoms with Crippen LogP contribution in [0.3, 0.4) is 0 Å². The lowest BCUT2D eigenvalue weighted by Crippen LogP contribution is -2.42. The fourth-order valence-corrected chi connectivity index (χ4v) is 2.81. The molecule has 0 aromatic heterocycles. The van der Waals surface area contributed by atoms with E-state index in [2.05, 4.69) is 5.32 Å². The van der Waals surface area contributed by atoms with Gasteiger partial charge < -0.3 is 15.5 Å². The molecular formula is C16H23NO3. The van der Waals surface area contributed by atoms with Gasteiger partial charge in [0, 0.05) is 12.1 Å². The number of phenolic OH excluding ortho intramolecular Hbond substituents is 1. The molecule has 4 nitrogen and oxygen atoms in total. The summed E-state index contributed by atoms with van der Waals surface area (Å²) in [5.41, 5.74) is 0.507. The number of aryl methyl sites for hydroxylation is 1.